The molecule has 0 fully saturated rings. The average Bonchev–Trinajstić information content (AvgIpc) is 2.41. The number of hydrogen-bond acceptors (Lipinski definition) is 1. The molecule has 2 rings (SSSR count). The predicted molar refractivity (Wildman–Crippen MR) is 61.0 cm³/mol. The second-order valence-electron chi connectivity index (χ2n) is 4.09. The van der Waals surface area contributed by atoms with Gasteiger partial charge in [-0.25, -0.2) is 0 Å². The first-order valence-electron chi connectivity index (χ1n) is 5.63. The monoisotopic (exact) mass is 189 g/mol. The number of hydrogen-bond donors (Lipinski definition) is 0. The first-order chi connectivity index (χ1) is 6.83. The van der Waals surface area contributed by atoms with Crippen LogP contribution in [0.4, 0.5) is 0 Å². The van der Waals surface area contributed by atoms with Crippen LogP contribution < -0.4 is 0 Å². The van der Waals surface area contributed by atoms with Crippen LogP contribution in [-0.4, -0.2) is 18.0 Å². The van der Waals surface area contributed by atoms with Crippen molar-refractivity contribution in [2.24, 2.45) is 0 Å². The third-order valence-electron chi connectivity index (χ3n) is 3.24. The van der Waals surface area contributed by atoms with E-state index in [0.29, 0.717) is 0 Å². The van der Waals surface area contributed by atoms with Gasteiger partial charge in [0.15, 0.2) is 0 Å². The van der Waals surface area contributed by atoms with Crippen molar-refractivity contribution in [1.29, 1.82) is 0 Å². The summed E-state index contributed by atoms with van der Waals surface area (Å²) < 4.78 is 0. The van der Waals surface area contributed by atoms with Crippen molar-refractivity contribution >= 4 is 0 Å². The lowest BCUT2D eigenvalue weighted by atomic mass is 9.95. The van der Waals surface area contributed by atoms with E-state index in [1.807, 2.05) is 0 Å². The molecule has 0 spiro atoms. The van der Waals surface area contributed by atoms with Crippen LogP contribution in [0.3, 0.4) is 0 Å². The molecular formula is C13H19N. The Kier molecular flexibility index (Phi) is 2.76. The Morgan fingerprint density at radius 1 is 1.43 bits per heavy atom. The minimum Gasteiger partial charge on any atom is -0.375 e. The second kappa shape index (κ2) is 4.04. The minimum absolute atomic E-state index is 1.12. The molecule has 1 aliphatic carbocycles. The number of allylic oxidation sites excluding steroid dienone is 5. The molecule has 1 heteroatoms. The van der Waals surface area contributed by atoms with E-state index in [9.17, 15) is 0 Å². The molecule has 0 aromatic carbocycles. The van der Waals surface area contributed by atoms with Gasteiger partial charge in [0.2, 0.25) is 0 Å². The molecule has 2 aliphatic rings. The van der Waals surface area contributed by atoms with Crippen molar-refractivity contribution in [3.8, 4) is 0 Å². The molecule has 76 valence electrons. The molecule has 0 saturated heterocycles. The maximum absolute atomic E-state index is 2.53. The largest absolute Gasteiger partial charge is 0.375 e. The fraction of sp³-hybridized carbons (Fsp3) is 0.538. The van der Waals surface area contributed by atoms with Crippen LogP contribution in [0, 0.1) is 0 Å². The van der Waals surface area contributed by atoms with Gasteiger partial charge in [0.1, 0.15) is 0 Å². The Bertz CT molecular complexity index is 307. The first-order valence-corrected chi connectivity index (χ1v) is 5.63. The van der Waals surface area contributed by atoms with E-state index >= 15 is 0 Å². The van der Waals surface area contributed by atoms with E-state index in [0.717, 1.165) is 13.0 Å². The van der Waals surface area contributed by atoms with Crippen LogP contribution >= 0.6 is 0 Å². The fourth-order valence-corrected chi connectivity index (χ4v) is 2.44. The summed E-state index contributed by atoms with van der Waals surface area (Å²) in [4.78, 5) is 2.53. The average molecular weight is 189 g/mol. The van der Waals surface area contributed by atoms with Gasteiger partial charge in [-0.3, -0.25) is 0 Å². The normalized spacial score (nSPS) is 21.9. The molecule has 0 aromatic heterocycles. The van der Waals surface area contributed by atoms with Gasteiger partial charge < -0.3 is 4.90 Å². The van der Waals surface area contributed by atoms with E-state index in [2.05, 4.69) is 37.0 Å². The Balaban J connectivity index is 2.37. The standard InChI is InChI=1S/C13H19N/c1-3-14-10-6-8-12-11(2)7-4-5-9-13(12)14/h4-5,7H,3,6,8-10H2,1-2H3. The SMILES string of the molecule is CCN1CCCC2=C1CC=CC=C2C. The lowest BCUT2D eigenvalue weighted by Gasteiger charge is -2.32. The fourth-order valence-electron chi connectivity index (χ4n) is 2.44. The Hall–Kier alpha value is -0.980. The maximum atomic E-state index is 2.53. The molecule has 14 heavy (non-hydrogen) atoms. The van der Waals surface area contributed by atoms with Crippen molar-refractivity contribution in [2.45, 2.75) is 33.1 Å². The molecule has 0 aromatic rings. The summed E-state index contributed by atoms with van der Waals surface area (Å²) in [6.45, 7) is 6.89. The lowest BCUT2D eigenvalue weighted by molar-refractivity contribution is 0.327. The molecular weight excluding hydrogens is 170 g/mol. The summed E-state index contributed by atoms with van der Waals surface area (Å²) >= 11 is 0. The zero-order valence-electron chi connectivity index (χ0n) is 9.21. The smallest absolute Gasteiger partial charge is 0.0206 e. The lowest BCUT2D eigenvalue weighted by Crippen LogP contribution is -2.28. The highest BCUT2D eigenvalue weighted by molar-refractivity contribution is 5.40. The van der Waals surface area contributed by atoms with Gasteiger partial charge in [0.05, 0.1) is 0 Å². The minimum atomic E-state index is 1.12. The van der Waals surface area contributed by atoms with E-state index in [1.54, 1.807) is 11.3 Å². The van der Waals surface area contributed by atoms with Gasteiger partial charge in [-0.15, -0.1) is 0 Å². The first kappa shape index (κ1) is 9.57. The number of nitrogens with zero attached hydrogens (tertiary/aromatic N) is 1. The quantitative estimate of drug-likeness (QED) is 0.612. The van der Waals surface area contributed by atoms with Crippen molar-refractivity contribution in [3.63, 3.8) is 0 Å². The maximum Gasteiger partial charge on any atom is 0.0206 e. The molecule has 1 aliphatic heterocycles. The van der Waals surface area contributed by atoms with Gasteiger partial charge in [-0.1, -0.05) is 18.2 Å². The van der Waals surface area contributed by atoms with Crippen molar-refractivity contribution in [3.05, 3.63) is 35.1 Å². The molecule has 0 atom stereocenters. The molecule has 0 saturated carbocycles. The van der Waals surface area contributed by atoms with Gasteiger partial charge in [-0.05, 0) is 37.8 Å². The summed E-state index contributed by atoms with van der Waals surface area (Å²) in [6.07, 6.45) is 10.4. The van der Waals surface area contributed by atoms with Crippen molar-refractivity contribution in [1.82, 2.24) is 4.90 Å². The second-order valence-corrected chi connectivity index (χ2v) is 4.09. The van der Waals surface area contributed by atoms with Crippen molar-refractivity contribution < 1.29 is 0 Å². The molecule has 0 unspecified atom stereocenters. The summed E-state index contributed by atoms with van der Waals surface area (Å²) in [5, 5.41) is 0. The van der Waals surface area contributed by atoms with Crippen molar-refractivity contribution in [2.75, 3.05) is 13.1 Å². The Labute approximate surface area is 86.8 Å². The van der Waals surface area contributed by atoms with Gasteiger partial charge in [0, 0.05) is 25.2 Å². The van der Waals surface area contributed by atoms with Gasteiger partial charge >= 0.3 is 0 Å². The van der Waals surface area contributed by atoms with Gasteiger partial charge in [0.25, 0.3) is 0 Å². The highest BCUT2D eigenvalue weighted by Crippen LogP contribution is 2.31. The summed E-state index contributed by atoms with van der Waals surface area (Å²) in [7, 11) is 0. The topological polar surface area (TPSA) is 3.24 Å². The van der Waals surface area contributed by atoms with Crippen LogP contribution in [0.15, 0.2) is 35.1 Å². The van der Waals surface area contributed by atoms with E-state index < -0.39 is 0 Å². The predicted octanol–water partition coefficient (Wildman–Crippen LogP) is 3.26. The van der Waals surface area contributed by atoms with Crippen LogP contribution in [0.1, 0.15) is 33.1 Å². The van der Waals surface area contributed by atoms with E-state index in [-0.39, 0.29) is 0 Å². The molecule has 1 nitrogen and oxygen atoms in total. The highest BCUT2D eigenvalue weighted by Gasteiger charge is 2.19. The Morgan fingerprint density at radius 3 is 3.07 bits per heavy atom. The van der Waals surface area contributed by atoms with E-state index in [1.165, 1.54) is 25.0 Å². The zero-order chi connectivity index (χ0) is 9.97. The molecule has 1 heterocycles. The highest BCUT2D eigenvalue weighted by atomic mass is 15.1. The third-order valence-corrected chi connectivity index (χ3v) is 3.24. The zero-order valence-corrected chi connectivity index (χ0v) is 9.21. The summed E-state index contributed by atoms with van der Waals surface area (Å²) in [5.41, 5.74) is 4.64. The molecule has 0 N–H and O–H groups in total. The van der Waals surface area contributed by atoms with Crippen LogP contribution in [0.2, 0.25) is 0 Å². The van der Waals surface area contributed by atoms with Crippen LogP contribution in [0.5, 0.6) is 0 Å². The molecule has 0 bridgehead atoms. The summed E-state index contributed by atoms with van der Waals surface area (Å²) in [6, 6.07) is 0. The molecule has 0 amide bonds. The van der Waals surface area contributed by atoms with Crippen LogP contribution in [0.25, 0.3) is 0 Å². The van der Waals surface area contributed by atoms with Crippen LogP contribution in [-0.2, 0) is 0 Å². The Morgan fingerprint density at radius 2 is 2.29 bits per heavy atom. The number of rotatable bonds is 1. The summed E-state index contributed by atoms with van der Waals surface area (Å²) in [5.74, 6) is 0. The van der Waals surface area contributed by atoms with E-state index in [4.69, 9.17) is 0 Å². The van der Waals surface area contributed by atoms with Gasteiger partial charge in [-0.2, -0.15) is 0 Å². The molecule has 0 radical (unpaired) electrons. The third kappa shape index (κ3) is 1.63.